The molecule has 166 valence electrons. The summed E-state index contributed by atoms with van der Waals surface area (Å²) in [6.07, 6.45) is -0.0649. The Balaban J connectivity index is 1.62. The van der Waals surface area contributed by atoms with Crippen molar-refractivity contribution in [2.24, 2.45) is 0 Å². The summed E-state index contributed by atoms with van der Waals surface area (Å²) in [5.41, 5.74) is -1.39. The highest BCUT2D eigenvalue weighted by atomic mass is 35.5. The number of carbonyl (C=O) groups excluding carboxylic acids is 4. The molecule has 32 heavy (non-hydrogen) atoms. The fourth-order valence-electron chi connectivity index (χ4n) is 3.40. The third-order valence-electron chi connectivity index (χ3n) is 5.07. The van der Waals surface area contributed by atoms with Gasteiger partial charge in [0.15, 0.2) is 1.41 Å². The number of halogens is 3. The van der Waals surface area contributed by atoms with Gasteiger partial charge in [-0.25, -0.2) is 0 Å². The minimum atomic E-state index is -4.17. The second-order valence-corrected chi connectivity index (χ2v) is 7.63. The molecule has 0 aliphatic carbocycles. The SMILES string of the molecule is [2H]c1c(C([2H])N([2H])C(=O)C(F)(F)c2ccc(Cl)cc2)ccc2c1C([2H])N(C1CCC(=O)NC1=O)C2=O. The summed E-state index contributed by atoms with van der Waals surface area (Å²) < 4.78 is 62.5. The van der Waals surface area contributed by atoms with Crippen molar-refractivity contribution in [1.82, 2.24) is 15.5 Å². The van der Waals surface area contributed by atoms with Crippen molar-refractivity contribution >= 4 is 35.2 Å². The van der Waals surface area contributed by atoms with E-state index in [1.165, 1.54) is 0 Å². The van der Waals surface area contributed by atoms with Crippen LogP contribution in [0.1, 0.15) is 44.0 Å². The van der Waals surface area contributed by atoms with E-state index in [4.69, 9.17) is 17.1 Å². The lowest BCUT2D eigenvalue weighted by Gasteiger charge is -2.29. The smallest absolute Gasteiger partial charge is 0.346 e. The third-order valence-corrected chi connectivity index (χ3v) is 5.33. The minimum Gasteiger partial charge on any atom is -0.346 e. The van der Waals surface area contributed by atoms with Crippen LogP contribution >= 0.6 is 11.6 Å². The summed E-state index contributed by atoms with van der Waals surface area (Å²) in [5, 5.41) is 1.98. The first-order valence-electron chi connectivity index (χ1n) is 11.6. The average molecular weight is 466 g/mol. The number of nitrogens with zero attached hydrogens (tertiary/aromatic N) is 1. The Labute approximate surface area is 192 Å². The second kappa shape index (κ2) is 8.31. The van der Waals surface area contributed by atoms with E-state index in [1.54, 1.807) is 0 Å². The third kappa shape index (κ3) is 4.08. The molecule has 0 radical (unpaired) electrons. The molecule has 3 unspecified atom stereocenters. The van der Waals surface area contributed by atoms with Gasteiger partial charge in [-0.2, -0.15) is 8.78 Å². The van der Waals surface area contributed by atoms with Crippen molar-refractivity contribution in [2.75, 3.05) is 0 Å². The predicted octanol–water partition coefficient (Wildman–Crippen LogP) is 2.51. The van der Waals surface area contributed by atoms with E-state index in [1.807, 2.05) is 0 Å². The number of piperidine rings is 1. The lowest BCUT2D eigenvalue weighted by Crippen LogP contribution is -2.52. The summed E-state index contributed by atoms with van der Waals surface area (Å²) in [4.78, 5) is 50.0. The lowest BCUT2D eigenvalue weighted by molar-refractivity contribution is -0.147. The standard InChI is InChI=1S/C22H18ClF2N3O4/c23-15-4-2-14(3-5-15)22(24,25)21(32)26-10-12-1-6-16-13(9-12)11-28(20(16)31)17-7-8-18(29)27-19(17)30/h1-6,9,17H,7-8,10-11H2,(H,26,32)(H,27,29,30)/i9D,10D,11D/hD. The predicted molar refractivity (Wildman–Crippen MR) is 110 cm³/mol. The number of imide groups is 1. The van der Waals surface area contributed by atoms with Gasteiger partial charge in [0, 0.05) is 35.6 Å². The molecule has 10 heteroatoms. The summed E-state index contributed by atoms with van der Waals surface area (Å²) in [5.74, 6) is -8.20. The summed E-state index contributed by atoms with van der Waals surface area (Å²) in [7, 11) is 0. The number of nitrogens with one attached hydrogen (secondary N) is 2. The van der Waals surface area contributed by atoms with Crippen molar-refractivity contribution in [1.29, 1.82) is 0 Å². The quantitative estimate of drug-likeness (QED) is 0.663. The highest BCUT2D eigenvalue weighted by Gasteiger charge is 2.41. The van der Waals surface area contributed by atoms with Crippen molar-refractivity contribution < 1.29 is 33.5 Å². The molecule has 2 aliphatic heterocycles. The largest absolute Gasteiger partial charge is 0.349 e. The number of alkyl halides is 2. The van der Waals surface area contributed by atoms with Crippen LogP contribution in [0.3, 0.4) is 0 Å². The maximum Gasteiger partial charge on any atom is 0.349 e. The van der Waals surface area contributed by atoms with Crippen LogP contribution in [0.2, 0.25) is 6.43 Å². The molecule has 0 aromatic heterocycles. The Morgan fingerprint density at radius 3 is 2.72 bits per heavy atom. The Morgan fingerprint density at radius 1 is 1.31 bits per heavy atom. The molecule has 3 atom stereocenters. The molecule has 4 rings (SSSR count). The number of hydrogen-bond donors (Lipinski definition) is 2. The second-order valence-electron chi connectivity index (χ2n) is 7.19. The maximum absolute atomic E-state index is 14.7. The summed E-state index contributed by atoms with van der Waals surface area (Å²) >= 11 is 5.69. The molecule has 2 aliphatic rings. The van der Waals surface area contributed by atoms with Gasteiger partial charge in [-0.15, -0.1) is 0 Å². The van der Waals surface area contributed by atoms with Gasteiger partial charge >= 0.3 is 5.92 Å². The van der Waals surface area contributed by atoms with Crippen LogP contribution in [0, 0.1) is 0 Å². The fourth-order valence-corrected chi connectivity index (χ4v) is 3.52. The highest BCUT2D eigenvalue weighted by molar-refractivity contribution is 6.30. The molecule has 0 saturated carbocycles. The molecule has 4 amide bonds. The van der Waals surface area contributed by atoms with Gasteiger partial charge in [-0.3, -0.25) is 24.5 Å². The molecule has 2 aromatic carbocycles. The van der Waals surface area contributed by atoms with Gasteiger partial charge in [0.2, 0.25) is 11.8 Å². The van der Waals surface area contributed by atoms with Crippen LogP contribution in [0.15, 0.2) is 42.4 Å². The molecule has 2 heterocycles. The van der Waals surface area contributed by atoms with E-state index in [-0.39, 0.29) is 39.9 Å². The van der Waals surface area contributed by atoms with E-state index in [0.717, 1.165) is 41.3 Å². The van der Waals surface area contributed by atoms with Crippen LogP contribution in [-0.2, 0) is 33.3 Å². The number of benzene rings is 2. The van der Waals surface area contributed by atoms with Gasteiger partial charge in [-0.1, -0.05) is 35.8 Å². The highest BCUT2D eigenvalue weighted by Crippen LogP contribution is 2.30. The summed E-state index contributed by atoms with van der Waals surface area (Å²) in [6, 6.07) is 4.67. The Kier molecular flexibility index (Phi) is 4.48. The Bertz CT molecular complexity index is 1280. The van der Waals surface area contributed by atoms with E-state index in [9.17, 15) is 28.0 Å². The molecule has 1 saturated heterocycles. The van der Waals surface area contributed by atoms with Crippen LogP contribution in [0.4, 0.5) is 8.78 Å². The van der Waals surface area contributed by atoms with Crippen LogP contribution in [0.5, 0.6) is 0 Å². The minimum absolute atomic E-state index is 0.0180. The number of amides is 4. The zero-order chi connectivity index (χ0) is 26.5. The topological polar surface area (TPSA) is 95.6 Å². The van der Waals surface area contributed by atoms with E-state index < -0.39 is 60.2 Å². The monoisotopic (exact) mass is 465 g/mol. The van der Waals surface area contributed by atoms with Gasteiger partial charge in [-0.05, 0) is 35.7 Å². The first-order chi connectivity index (χ1) is 16.9. The maximum atomic E-state index is 14.7. The normalized spacial score (nSPS) is 23.5. The van der Waals surface area contributed by atoms with E-state index in [2.05, 4.69) is 5.32 Å². The van der Waals surface area contributed by atoms with Gasteiger partial charge in [0.25, 0.3) is 11.8 Å². The average Bonchev–Trinajstić information content (AvgIpc) is 3.08. The first kappa shape index (κ1) is 17.3. The molecular formula is C22H18ClF2N3O4. The van der Waals surface area contributed by atoms with Crippen molar-refractivity contribution in [3.63, 3.8) is 0 Å². The Hall–Kier alpha value is -3.33. The zero-order valence-electron chi connectivity index (χ0n) is 20.3. The zero-order valence-corrected chi connectivity index (χ0v) is 17.0. The number of rotatable bonds is 5. The molecule has 7 nitrogen and oxygen atoms in total. The molecule has 0 bridgehead atoms. The molecule has 2 N–H and O–H groups in total. The number of carbonyl (C=O) groups is 4. The first-order valence-corrected chi connectivity index (χ1v) is 9.84. The van der Waals surface area contributed by atoms with Crippen LogP contribution in [0.25, 0.3) is 0 Å². The van der Waals surface area contributed by atoms with Crippen LogP contribution in [-0.4, -0.2) is 34.6 Å². The van der Waals surface area contributed by atoms with Crippen molar-refractivity contribution in [2.45, 2.75) is 37.8 Å². The van der Waals surface area contributed by atoms with Gasteiger partial charge < -0.3 is 10.2 Å². The van der Waals surface area contributed by atoms with Crippen molar-refractivity contribution in [3.8, 4) is 0 Å². The Morgan fingerprint density at radius 2 is 2.03 bits per heavy atom. The molecule has 2 aromatic rings. The van der Waals surface area contributed by atoms with Gasteiger partial charge in [0.1, 0.15) is 6.04 Å². The molecule has 1 fully saturated rings. The van der Waals surface area contributed by atoms with Gasteiger partial charge in [0.05, 0.1) is 4.11 Å². The molecule has 0 spiro atoms. The fraction of sp³-hybridized carbons (Fsp3) is 0.273. The van der Waals surface area contributed by atoms with E-state index >= 15 is 0 Å². The molecular weight excluding hydrogens is 444 g/mol. The number of fused-ring (bicyclic) bond motifs is 1. The van der Waals surface area contributed by atoms with Crippen molar-refractivity contribution in [3.05, 3.63) is 69.7 Å². The number of hydrogen-bond acceptors (Lipinski definition) is 4. The van der Waals surface area contributed by atoms with Crippen LogP contribution < -0.4 is 10.6 Å². The van der Waals surface area contributed by atoms with E-state index in [0.29, 0.717) is 0 Å². The lowest BCUT2D eigenvalue weighted by atomic mass is 10.0. The summed E-state index contributed by atoms with van der Waals surface area (Å²) in [6.45, 7) is -3.64.